The minimum Gasteiger partial charge on any atom is -0.467 e. The second-order valence-electron chi connectivity index (χ2n) is 6.12. The largest absolute Gasteiger partial charge is 0.467 e. The molecule has 27 heavy (non-hydrogen) atoms. The Kier molecular flexibility index (Phi) is 4.72. The van der Waals surface area contributed by atoms with E-state index < -0.39 is 0 Å². The molecule has 8 heteroatoms. The van der Waals surface area contributed by atoms with E-state index in [0.29, 0.717) is 27.1 Å². The third kappa shape index (κ3) is 3.36. The van der Waals surface area contributed by atoms with Crippen LogP contribution < -0.4 is 10.3 Å². The van der Waals surface area contributed by atoms with Gasteiger partial charge in [0.05, 0.1) is 17.7 Å². The van der Waals surface area contributed by atoms with E-state index in [-0.39, 0.29) is 11.9 Å². The summed E-state index contributed by atoms with van der Waals surface area (Å²) in [6.45, 7) is 1.83. The molecule has 0 saturated heterocycles. The van der Waals surface area contributed by atoms with Crippen LogP contribution in [0.2, 0.25) is 5.02 Å². The van der Waals surface area contributed by atoms with Crippen LogP contribution in [0.4, 0.5) is 5.13 Å². The molecule has 2 aromatic heterocycles. The van der Waals surface area contributed by atoms with Crippen molar-refractivity contribution in [2.24, 2.45) is 5.10 Å². The Morgan fingerprint density at radius 1 is 1.33 bits per heavy atom. The second-order valence-corrected chi connectivity index (χ2v) is 7.54. The first-order valence-electron chi connectivity index (χ1n) is 8.42. The van der Waals surface area contributed by atoms with Crippen LogP contribution >= 0.6 is 22.9 Å². The summed E-state index contributed by atoms with van der Waals surface area (Å²) >= 11 is 7.33. The fraction of sp³-hybridized carbons (Fsp3) is 0.211. The summed E-state index contributed by atoms with van der Waals surface area (Å²) in [7, 11) is 1.61. The fourth-order valence-corrected chi connectivity index (χ4v) is 4.15. The molecule has 1 amide bonds. The number of anilines is 1. The number of thiazole rings is 1. The number of nitrogens with zero attached hydrogens (tertiary/aromatic N) is 3. The molecule has 3 heterocycles. The SMILES string of the molecule is CNC(=O)c1sc(N2N=C(c3ccc(Cl)cc3)C[C@H]2c2ccco2)nc1C. The first-order valence-corrected chi connectivity index (χ1v) is 9.62. The number of benzene rings is 1. The quantitative estimate of drug-likeness (QED) is 0.704. The standard InChI is InChI=1S/C19H17ClN4O2S/c1-11-17(18(25)21-2)27-19(22-11)24-15(16-4-3-9-26-16)10-14(23-24)12-5-7-13(20)8-6-12/h3-9,15H,10H2,1-2H3,(H,21,25)/t15-/m0/s1. The molecular weight excluding hydrogens is 384 g/mol. The van der Waals surface area contributed by atoms with Gasteiger partial charge in [-0.15, -0.1) is 0 Å². The monoisotopic (exact) mass is 400 g/mol. The number of halogens is 1. The van der Waals surface area contributed by atoms with Crippen LogP contribution in [0.3, 0.4) is 0 Å². The maximum absolute atomic E-state index is 12.1. The molecule has 1 aliphatic heterocycles. The molecule has 1 aromatic carbocycles. The van der Waals surface area contributed by atoms with Gasteiger partial charge >= 0.3 is 0 Å². The number of rotatable bonds is 4. The Morgan fingerprint density at radius 2 is 2.11 bits per heavy atom. The van der Waals surface area contributed by atoms with Gasteiger partial charge in [0.15, 0.2) is 0 Å². The third-order valence-corrected chi connectivity index (χ3v) is 5.77. The molecule has 1 N–H and O–H groups in total. The summed E-state index contributed by atoms with van der Waals surface area (Å²) in [6, 6.07) is 11.3. The maximum Gasteiger partial charge on any atom is 0.263 e. The smallest absolute Gasteiger partial charge is 0.263 e. The van der Waals surface area contributed by atoms with Crippen molar-refractivity contribution in [3.63, 3.8) is 0 Å². The summed E-state index contributed by atoms with van der Waals surface area (Å²) in [5, 5.41) is 10.6. The summed E-state index contributed by atoms with van der Waals surface area (Å²) in [6.07, 6.45) is 2.32. The normalized spacial score (nSPS) is 16.5. The van der Waals surface area contributed by atoms with Crippen LogP contribution in [0.25, 0.3) is 0 Å². The highest BCUT2D eigenvalue weighted by Crippen LogP contribution is 2.39. The molecule has 6 nitrogen and oxygen atoms in total. The highest BCUT2D eigenvalue weighted by atomic mass is 35.5. The lowest BCUT2D eigenvalue weighted by Crippen LogP contribution is -2.18. The number of aromatic nitrogens is 1. The molecule has 3 aromatic rings. The lowest BCUT2D eigenvalue weighted by molar-refractivity contribution is 0.0966. The van der Waals surface area contributed by atoms with Crippen LogP contribution in [0.5, 0.6) is 0 Å². The molecule has 0 unspecified atom stereocenters. The molecular formula is C19H17ClN4O2S. The topological polar surface area (TPSA) is 70.7 Å². The van der Waals surface area contributed by atoms with Crippen LogP contribution in [-0.2, 0) is 0 Å². The Hall–Kier alpha value is -2.64. The molecule has 4 rings (SSSR count). The lowest BCUT2D eigenvalue weighted by atomic mass is 10.0. The summed E-state index contributed by atoms with van der Waals surface area (Å²) in [4.78, 5) is 17.2. The number of hydrogen-bond acceptors (Lipinski definition) is 6. The number of amides is 1. The van der Waals surface area contributed by atoms with Crippen molar-refractivity contribution in [1.82, 2.24) is 10.3 Å². The van der Waals surface area contributed by atoms with Crippen molar-refractivity contribution in [3.05, 3.63) is 69.6 Å². The van der Waals surface area contributed by atoms with Gasteiger partial charge < -0.3 is 9.73 Å². The van der Waals surface area contributed by atoms with E-state index >= 15 is 0 Å². The van der Waals surface area contributed by atoms with E-state index in [2.05, 4.69) is 10.3 Å². The van der Waals surface area contributed by atoms with Gasteiger partial charge in [-0.3, -0.25) is 4.79 Å². The molecule has 0 bridgehead atoms. The number of carbonyl (C=O) groups excluding carboxylic acids is 1. The Morgan fingerprint density at radius 3 is 2.78 bits per heavy atom. The number of nitrogens with one attached hydrogen (secondary N) is 1. The van der Waals surface area contributed by atoms with Crippen molar-refractivity contribution < 1.29 is 9.21 Å². The molecule has 0 saturated carbocycles. The van der Waals surface area contributed by atoms with E-state index in [1.165, 1.54) is 11.3 Å². The summed E-state index contributed by atoms with van der Waals surface area (Å²) in [5.41, 5.74) is 2.60. The predicted octanol–water partition coefficient (Wildman–Crippen LogP) is 4.41. The Balaban J connectivity index is 1.74. The van der Waals surface area contributed by atoms with E-state index in [0.717, 1.165) is 17.0 Å². The molecule has 138 valence electrons. The van der Waals surface area contributed by atoms with Gasteiger partial charge in [-0.1, -0.05) is 35.1 Å². The van der Waals surface area contributed by atoms with E-state index in [1.54, 1.807) is 13.3 Å². The van der Waals surface area contributed by atoms with Crippen molar-refractivity contribution in [2.45, 2.75) is 19.4 Å². The summed E-state index contributed by atoms with van der Waals surface area (Å²) < 4.78 is 5.64. The van der Waals surface area contributed by atoms with E-state index in [1.807, 2.05) is 48.3 Å². The predicted molar refractivity (Wildman–Crippen MR) is 107 cm³/mol. The minimum absolute atomic E-state index is 0.117. The van der Waals surface area contributed by atoms with Gasteiger partial charge in [0.1, 0.15) is 16.7 Å². The highest BCUT2D eigenvalue weighted by molar-refractivity contribution is 7.17. The van der Waals surface area contributed by atoms with Crippen molar-refractivity contribution >= 4 is 39.7 Å². The van der Waals surface area contributed by atoms with Gasteiger partial charge in [-0.25, -0.2) is 9.99 Å². The number of carbonyl (C=O) groups is 1. The first kappa shape index (κ1) is 17.8. The number of hydrazone groups is 1. The first-order chi connectivity index (χ1) is 13.1. The van der Waals surface area contributed by atoms with Crippen molar-refractivity contribution in [3.8, 4) is 0 Å². The molecule has 1 atom stereocenters. The highest BCUT2D eigenvalue weighted by Gasteiger charge is 2.34. The molecule has 1 aliphatic rings. The van der Waals surface area contributed by atoms with E-state index in [9.17, 15) is 4.79 Å². The molecule has 0 spiro atoms. The summed E-state index contributed by atoms with van der Waals surface area (Å²) in [5.74, 6) is 0.656. The number of aryl methyl sites for hydroxylation is 1. The maximum atomic E-state index is 12.1. The molecule has 0 fully saturated rings. The number of furan rings is 1. The van der Waals surface area contributed by atoms with E-state index in [4.69, 9.17) is 21.1 Å². The fourth-order valence-electron chi connectivity index (χ4n) is 3.01. The van der Waals surface area contributed by atoms with Crippen LogP contribution in [0, 0.1) is 6.92 Å². The zero-order valence-corrected chi connectivity index (χ0v) is 16.3. The van der Waals surface area contributed by atoms with Crippen LogP contribution in [0.1, 0.15) is 39.2 Å². The van der Waals surface area contributed by atoms with Gasteiger partial charge in [-0.2, -0.15) is 5.10 Å². The average molecular weight is 401 g/mol. The van der Waals surface area contributed by atoms with Gasteiger partial charge in [0.25, 0.3) is 5.91 Å². The van der Waals surface area contributed by atoms with Crippen molar-refractivity contribution in [2.75, 3.05) is 12.1 Å². The minimum atomic E-state index is -0.146. The third-order valence-electron chi connectivity index (χ3n) is 4.37. The molecule has 0 aliphatic carbocycles. The lowest BCUT2D eigenvalue weighted by Gasteiger charge is -2.18. The Labute approximate surface area is 165 Å². The van der Waals surface area contributed by atoms with Crippen molar-refractivity contribution in [1.29, 1.82) is 0 Å². The number of hydrogen-bond donors (Lipinski definition) is 1. The average Bonchev–Trinajstić information content (AvgIpc) is 3.40. The second kappa shape index (κ2) is 7.17. The Bertz CT molecular complexity index is 995. The zero-order chi connectivity index (χ0) is 19.0. The van der Waals surface area contributed by atoms with Gasteiger partial charge in [0.2, 0.25) is 5.13 Å². The van der Waals surface area contributed by atoms with Gasteiger partial charge in [-0.05, 0) is 36.8 Å². The molecule has 0 radical (unpaired) electrons. The van der Waals surface area contributed by atoms with Gasteiger partial charge in [0, 0.05) is 18.5 Å². The van der Waals surface area contributed by atoms with Crippen LogP contribution in [0.15, 0.2) is 52.2 Å². The zero-order valence-electron chi connectivity index (χ0n) is 14.8. The van der Waals surface area contributed by atoms with Crippen LogP contribution in [-0.4, -0.2) is 23.7 Å².